The van der Waals surface area contributed by atoms with Crippen molar-refractivity contribution in [3.8, 4) is 0 Å². The Bertz CT molecular complexity index is 835. The van der Waals surface area contributed by atoms with Crippen molar-refractivity contribution in [3.63, 3.8) is 0 Å². The first kappa shape index (κ1) is 23.6. The van der Waals surface area contributed by atoms with E-state index >= 15 is 0 Å². The smallest absolute Gasteiger partial charge is 0.217 e. The van der Waals surface area contributed by atoms with Gasteiger partial charge in [-0.05, 0) is 35.4 Å². The largest absolute Gasteiger partial charge is 0.352 e. The molecule has 2 N–H and O–H groups in total. The molecule has 5 nitrogen and oxygen atoms in total. The topological polar surface area (TPSA) is 75.3 Å². The second-order valence-electron chi connectivity index (χ2n) is 9.02. The number of nitrogens with one attached hydrogen (secondary N) is 2. The van der Waals surface area contributed by atoms with Gasteiger partial charge in [0.1, 0.15) is 0 Å². The minimum atomic E-state index is -3.13. The van der Waals surface area contributed by atoms with Crippen LogP contribution in [0.3, 0.4) is 0 Å². The van der Waals surface area contributed by atoms with E-state index in [1.807, 2.05) is 12.1 Å². The molecule has 0 aromatic heterocycles. The molecule has 1 aliphatic heterocycles. The highest BCUT2D eigenvalue weighted by Crippen LogP contribution is 2.31. The lowest BCUT2D eigenvalue weighted by atomic mass is 9.84. The lowest BCUT2D eigenvalue weighted by Crippen LogP contribution is -2.47. The molecular weight excluding hydrogens is 416 g/mol. The Morgan fingerprint density at radius 2 is 1.97 bits per heavy atom. The van der Waals surface area contributed by atoms with Crippen LogP contribution < -0.4 is 10.6 Å². The zero-order chi connectivity index (χ0) is 21.7. The maximum Gasteiger partial charge on any atom is 0.217 e. The number of aryl methyl sites for hydroxylation is 1. The Labute approximate surface area is 187 Å². The van der Waals surface area contributed by atoms with E-state index in [-0.39, 0.29) is 34.7 Å². The van der Waals surface area contributed by atoms with Crippen molar-refractivity contribution in [2.24, 2.45) is 5.92 Å². The second-order valence-corrected chi connectivity index (χ2v) is 11.8. The van der Waals surface area contributed by atoms with E-state index in [0.29, 0.717) is 12.5 Å². The van der Waals surface area contributed by atoms with E-state index in [2.05, 4.69) is 23.6 Å². The molecule has 0 spiro atoms. The zero-order valence-electron chi connectivity index (χ0n) is 18.2. The quantitative estimate of drug-likeness (QED) is 0.527. The summed E-state index contributed by atoms with van der Waals surface area (Å²) in [5.74, 6) is 0.827. The van der Waals surface area contributed by atoms with Gasteiger partial charge in [-0.25, -0.2) is 8.42 Å². The molecule has 7 heteroatoms. The van der Waals surface area contributed by atoms with Crippen molar-refractivity contribution >= 4 is 28.4 Å². The highest BCUT2D eigenvalue weighted by molar-refractivity contribution is 7.90. The zero-order valence-corrected chi connectivity index (χ0v) is 19.9. The first-order valence-corrected chi connectivity index (χ1v) is 13.6. The van der Waals surface area contributed by atoms with Gasteiger partial charge >= 0.3 is 0 Å². The fraction of sp³-hybridized carbons (Fsp3) is 0.696. The minimum Gasteiger partial charge on any atom is -0.352 e. The fourth-order valence-electron chi connectivity index (χ4n) is 4.89. The third-order valence-corrected chi connectivity index (χ3v) is 8.66. The Morgan fingerprint density at radius 3 is 2.63 bits per heavy atom. The van der Waals surface area contributed by atoms with E-state index in [1.165, 1.54) is 37.7 Å². The van der Waals surface area contributed by atoms with Gasteiger partial charge in [0.05, 0.1) is 11.5 Å². The molecule has 1 heterocycles. The number of amides is 1. The SMILES string of the molecule is CCc1ccc2c(c1)[C@@H](NC[C@@H](S)[C@H](CC1CCCCC1)NC(C)=O)CS(=O)(=O)C2. The average Bonchev–Trinajstić information content (AvgIpc) is 2.70. The summed E-state index contributed by atoms with van der Waals surface area (Å²) in [6.45, 7) is 4.21. The summed E-state index contributed by atoms with van der Waals surface area (Å²) in [5, 5.41) is 6.49. The van der Waals surface area contributed by atoms with Crippen molar-refractivity contribution in [2.75, 3.05) is 12.3 Å². The van der Waals surface area contributed by atoms with E-state index < -0.39 is 9.84 Å². The van der Waals surface area contributed by atoms with Crippen LogP contribution in [0.4, 0.5) is 0 Å². The van der Waals surface area contributed by atoms with Gasteiger partial charge in [-0.15, -0.1) is 0 Å². The summed E-state index contributed by atoms with van der Waals surface area (Å²) in [5.41, 5.74) is 3.20. The predicted molar refractivity (Wildman–Crippen MR) is 126 cm³/mol. The number of benzene rings is 1. The van der Waals surface area contributed by atoms with Crippen LogP contribution in [-0.2, 0) is 26.8 Å². The lowest BCUT2D eigenvalue weighted by Gasteiger charge is -2.32. The van der Waals surface area contributed by atoms with Gasteiger partial charge in [-0.3, -0.25) is 4.79 Å². The van der Waals surface area contributed by atoms with E-state index in [9.17, 15) is 13.2 Å². The van der Waals surface area contributed by atoms with E-state index in [0.717, 1.165) is 24.0 Å². The van der Waals surface area contributed by atoms with Crippen LogP contribution in [0.25, 0.3) is 0 Å². The molecular formula is C23H36N2O3S2. The van der Waals surface area contributed by atoms with Crippen LogP contribution in [0.5, 0.6) is 0 Å². The maximum atomic E-state index is 12.4. The van der Waals surface area contributed by atoms with Gasteiger partial charge in [0.2, 0.25) is 5.91 Å². The lowest BCUT2D eigenvalue weighted by molar-refractivity contribution is -0.119. The molecule has 1 aromatic carbocycles. The molecule has 0 bridgehead atoms. The first-order valence-electron chi connectivity index (χ1n) is 11.3. The van der Waals surface area contributed by atoms with Crippen LogP contribution in [0.1, 0.15) is 75.1 Å². The van der Waals surface area contributed by atoms with Crippen molar-refractivity contribution in [2.45, 2.75) is 81.9 Å². The molecule has 0 unspecified atom stereocenters. The molecule has 30 heavy (non-hydrogen) atoms. The first-order chi connectivity index (χ1) is 14.3. The number of carbonyl (C=O) groups is 1. The molecule has 1 aromatic rings. The highest BCUT2D eigenvalue weighted by atomic mass is 32.2. The van der Waals surface area contributed by atoms with Crippen LogP contribution in [-0.4, -0.2) is 37.9 Å². The Hall–Kier alpha value is -1.05. The van der Waals surface area contributed by atoms with Crippen LogP contribution in [0.15, 0.2) is 18.2 Å². The summed E-state index contributed by atoms with van der Waals surface area (Å²) in [4.78, 5) is 11.8. The number of fused-ring (bicyclic) bond motifs is 1. The summed E-state index contributed by atoms with van der Waals surface area (Å²) in [6, 6.07) is 5.88. The Morgan fingerprint density at radius 1 is 1.23 bits per heavy atom. The number of hydrogen-bond donors (Lipinski definition) is 3. The monoisotopic (exact) mass is 452 g/mol. The number of carbonyl (C=O) groups excluding carboxylic acids is 1. The molecule has 1 aliphatic carbocycles. The fourth-order valence-corrected chi connectivity index (χ4v) is 6.85. The summed E-state index contributed by atoms with van der Waals surface area (Å²) >= 11 is 4.82. The number of rotatable bonds is 8. The molecule has 3 atom stereocenters. The third-order valence-electron chi connectivity index (χ3n) is 6.53. The highest BCUT2D eigenvalue weighted by Gasteiger charge is 2.31. The van der Waals surface area contributed by atoms with Gasteiger partial charge < -0.3 is 10.6 Å². The molecule has 0 saturated heterocycles. The number of thiol groups is 1. The normalized spacial score (nSPS) is 23.4. The second kappa shape index (κ2) is 10.5. The average molecular weight is 453 g/mol. The molecule has 0 radical (unpaired) electrons. The van der Waals surface area contributed by atoms with Crippen LogP contribution in [0, 0.1) is 5.92 Å². The third kappa shape index (κ3) is 6.47. The van der Waals surface area contributed by atoms with Crippen molar-refractivity contribution < 1.29 is 13.2 Å². The van der Waals surface area contributed by atoms with Gasteiger partial charge in [0.15, 0.2) is 9.84 Å². The molecule has 1 fully saturated rings. The van der Waals surface area contributed by atoms with E-state index in [1.54, 1.807) is 6.92 Å². The van der Waals surface area contributed by atoms with Gasteiger partial charge in [0, 0.05) is 30.8 Å². The summed E-state index contributed by atoms with van der Waals surface area (Å²) in [7, 11) is -3.13. The molecule has 1 amide bonds. The van der Waals surface area contributed by atoms with Crippen LogP contribution in [0.2, 0.25) is 0 Å². The van der Waals surface area contributed by atoms with Gasteiger partial charge in [0.25, 0.3) is 0 Å². The van der Waals surface area contributed by atoms with Crippen molar-refractivity contribution in [1.82, 2.24) is 10.6 Å². The Balaban J connectivity index is 1.69. The molecule has 168 valence electrons. The van der Waals surface area contributed by atoms with Gasteiger partial charge in [-0.2, -0.15) is 12.6 Å². The van der Waals surface area contributed by atoms with E-state index in [4.69, 9.17) is 12.6 Å². The maximum absolute atomic E-state index is 12.4. The van der Waals surface area contributed by atoms with Crippen molar-refractivity contribution in [1.29, 1.82) is 0 Å². The molecule has 2 aliphatic rings. The summed E-state index contributed by atoms with van der Waals surface area (Å²) in [6.07, 6.45) is 8.15. The number of sulfone groups is 1. The Kier molecular flexibility index (Phi) is 8.27. The minimum absolute atomic E-state index is 0.0110. The molecule has 3 rings (SSSR count). The predicted octanol–water partition coefficient (Wildman–Crippen LogP) is 3.58. The van der Waals surface area contributed by atoms with Crippen LogP contribution >= 0.6 is 12.6 Å². The molecule has 1 saturated carbocycles. The van der Waals surface area contributed by atoms with Crippen molar-refractivity contribution in [3.05, 3.63) is 34.9 Å². The standard InChI is InChI=1S/C23H36N2O3S2/c1-3-17-9-10-19-14-30(27,28)15-22(20(19)11-17)24-13-23(29)21(25-16(2)26)12-18-7-5-4-6-8-18/h9-11,18,21-24,29H,3-8,12-15H2,1-2H3,(H,25,26)/t21-,22-,23+/m0/s1. The number of hydrogen-bond acceptors (Lipinski definition) is 5. The van der Waals surface area contributed by atoms with Gasteiger partial charge in [-0.1, -0.05) is 57.2 Å². The summed E-state index contributed by atoms with van der Waals surface area (Å²) < 4.78 is 24.9.